The first-order valence-electron chi connectivity index (χ1n) is 10.6. The first-order chi connectivity index (χ1) is 15.3. The molecule has 0 saturated carbocycles. The Labute approximate surface area is 188 Å². The summed E-state index contributed by atoms with van der Waals surface area (Å²) in [5.74, 6) is -1.24. The highest BCUT2D eigenvalue weighted by Gasteiger charge is 2.46. The minimum Gasteiger partial charge on any atom is -0.379 e. The molecule has 10 heteroatoms. The Kier molecular flexibility index (Phi) is 6.97. The lowest BCUT2D eigenvalue weighted by Crippen LogP contribution is -2.48. The van der Waals surface area contributed by atoms with Gasteiger partial charge in [0.25, 0.3) is 0 Å². The molecule has 0 aliphatic carbocycles. The first-order valence-corrected chi connectivity index (χ1v) is 13.9. The molecule has 4 rings (SSSR count). The molecule has 2 heterocycles. The van der Waals surface area contributed by atoms with Crippen LogP contribution in [-0.4, -0.2) is 77.4 Å². The largest absolute Gasteiger partial charge is 0.379 e. The van der Waals surface area contributed by atoms with Gasteiger partial charge in [0, 0.05) is 31.7 Å². The third-order valence-electron chi connectivity index (χ3n) is 6.09. The Morgan fingerprint density at radius 3 is 2.34 bits per heavy atom. The van der Waals surface area contributed by atoms with E-state index in [0.717, 1.165) is 30.8 Å². The lowest BCUT2D eigenvalue weighted by molar-refractivity contribution is 0.0158. The second-order valence-electron chi connectivity index (χ2n) is 8.20. The number of hydrogen-bond donors (Lipinski definition) is 1. The Morgan fingerprint density at radius 2 is 1.69 bits per heavy atom. The summed E-state index contributed by atoms with van der Waals surface area (Å²) in [5.41, 5.74) is 1.07. The summed E-state index contributed by atoms with van der Waals surface area (Å²) in [5, 5.41) is 2.13. The van der Waals surface area contributed by atoms with Crippen LogP contribution >= 0.6 is 0 Å². The fraction of sp³-hybridized carbons (Fsp3) is 0.455. The molecule has 2 aromatic rings. The van der Waals surface area contributed by atoms with Gasteiger partial charge in [0.05, 0.1) is 34.9 Å². The van der Waals surface area contributed by atoms with E-state index in [4.69, 9.17) is 4.74 Å². The Bertz CT molecular complexity index is 1120. The van der Waals surface area contributed by atoms with Crippen LogP contribution in [0.2, 0.25) is 0 Å². The van der Waals surface area contributed by atoms with Gasteiger partial charge in [0.1, 0.15) is 5.82 Å². The predicted octanol–water partition coefficient (Wildman–Crippen LogP) is 1.43. The molecule has 0 radical (unpaired) electrons. The van der Waals surface area contributed by atoms with Gasteiger partial charge in [-0.3, -0.25) is 4.90 Å². The van der Waals surface area contributed by atoms with Crippen LogP contribution in [0.3, 0.4) is 0 Å². The summed E-state index contributed by atoms with van der Waals surface area (Å²) >= 11 is 0. The third kappa shape index (κ3) is 5.20. The lowest BCUT2D eigenvalue weighted by Gasteiger charge is -2.36. The minimum atomic E-state index is -3.96. The number of morpholine rings is 1. The third-order valence-corrected chi connectivity index (χ3v) is 10.3. The topological polar surface area (TPSA) is 92.8 Å². The van der Waals surface area contributed by atoms with Gasteiger partial charge in [-0.1, -0.05) is 30.3 Å². The van der Waals surface area contributed by atoms with E-state index in [2.05, 4.69) is 10.2 Å². The van der Waals surface area contributed by atoms with Crippen LogP contribution in [-0.2, 0) is 24.4 Å². The summed E-state index contributed by atoms with van der Waals surface area (Å²) in [7, 11) is -7.49. The number of sulfone groups is 2. The van der Waals surface area contributed by atoms with E-state index in [-0.39, 0.29) is 16.7 Å². The highest BCUT2D eigenvalue weighted by atomic mass is 32.2. The van der Waals surface area contributed by atoms with Crippen LogP contribution in [0.1, 0.15) is 11.6 Å². The summed E-state index contributed by atoms with van der Waals surface area (Å²) < 4.78 is 70.0. The van der Waals surface area contributed by atoms with Crippen LogP contribution in [0, 0.1) is 5.82 Å². The molecule has 3 atom stereocenters. The van der Waals surface area contributed by atoms with Crippen LogP contribution in [0.25, 0.3) is 0 Å². The SMILES string of the molecule is O=S1(=O)C[C@H](NCC(c2ccccc2)N2CCOCC2)[C@@H](S(=O)(=O)c2ccc(F)cc2)C1. The first kappa shape index (κ1) is 23.3. The van der Waals surface area contributed by atoms with Gasteiger partial charge >= 0.3 is 0 Å². The van der Waals surface area contributed by atoms with Crippen molar-refractivity contribution >= 4 is 19.7 Å². The fourth-order valence-electron chi connectivity index (χ4n) is 4.40. The monoisotopic (exact) mass is 482 g/mol. The molecule has 0 spiro atoms. The molecule has 0 bridgehead atoms. The van der Waals surface area contributed by atoms with Crippen molar-refractivity contribution < 1.29 is 26.0 Å². The maximum atomic E-state index is 13.3. The molecule has 0 amide bonds. The van der Waals surface area contributed by atoms with E-state index >= 15 is 0 Å². The molecular weight excluding hydrogens is 455 g/mol. The maximum absolute atomic E-state index is 13.3. The van der Waals surface area contributed by atoms with Gasteiger partial charge in [-0.25, -0.2) is 21.2 Å². The Morgan fingerprint density at radius 1 is 1.03 bits per heavy atom. The van der Waals surface area contributed by atoms with E-state index in [1.54, 1.807) is 0 Å². The van der Waals surface area contributed by atoms with Crippen molar-refractivity contribution in [2.45, 2.75) is 22.2 Å². The second-order valence-corrected chi connectivity index (χ2v) is 12.5. The van der Waals surface area contributed by atoms with Gasteiger partial charge in [-0.15, -0.1) is 0 Å². The number of hydrogen-bond acceptors (Lipinski definition) is 7. The number of rotatable bonds is 7. The minimum absolute atomic E-state index is 0.0439. The number of nitrogens with one attached hydrogen (secondary N) is 1. The van der Waals surface area contributed by atoms with Crippen LogP contribution in [0.5, 0.6) is 0 Å². The zero-order valence-corrected chi connectivity index (χ0v) is 19.2. The van der Waals surface area contributed by atoms with Crippen molar-refractivity contribution in [1.82, 2.24) is 10.2 Å². The number of halogens is 1. The van der Waals surface area contributed by atoms with Crippen molar-refractivity contribution in [3.63, 3.8) is 0 Å². The number of ether oxygens (including phenoxy) is 1. The van der Waals surface area contributed by atoms with Crippen molar-refractivity contribution in [1.29, 1.82) is 0 Å². The van der Waals surface area contributed by atoms with Crippen molar-refractivity contribution in [3.8, 4) is 0 Å². The zero-order valence-electron chi connectivity index (χ0n) is 17.6. The molecule has 2 fully saturated rings. The molecule has 32 heavy (non-hydrogen) atoms. The van der Waals surface area contributed by atoms with Gasteiger partial charge in [0.2, 0.25) is 0 Å². The molecule has 2 aliphatic rings. The average molecular weight is 483 g/mol. The van der Waals surface area contributed by atoms with Gasteiger partial charge in [-0.2, -0.15) is 0 Å². The van der Waals surface area contributed by atoms with E-state index in [1.165, 1.54) is 12.1 Å². The summed E-state index contributed by atoms with van der Waals surface area (Å²) in [6.07, 6.45) is 0. The second kappa shape index (κ2) is 9.56. The molecule has 0 aromatic heterocycles. The smallest absolute Gasteiger partial charge is 0.183 e. The van der Waals surface area contributed by atoms with E-state index in [1.807, 2.05) is 30.3 Å². The normalized spacial score (nSPS) is 24.9. The zero-order chi connectivity index (χ0) is 22.8. The highest BCUT2D eigenvalue weighted by Crippen LogP contribution is 2.28. The lowest BCUT2D eigenvalue weighted by atomic mass is 10.0. The molecule has 1 N–H and O–H groups in total. The average Bonchev–Trinajstić information content (AvgIpc) is 3.11. The van der Waals surface area contributed by atoms with Crippen LogP contribution in [0.15, 0.2) is 59.5 Å². The summed E-state index contributed by atoms with van der Waals surface area (Å²) in [6.45, 7) is 3.11. The standard InChI is InChI=1S/C22H27FN2O5S2/c23-18-6-8-19(9-7-18)32(28,29)22-16-31(26,27)15-20(22)24-14-21(17-4-2-1-3-5-17)25-10-12-30-13-11-25/h1-9,20-22,24H,10-16H2/t20-,21?,22-/m0/s1. The summed E-state index contributed by atoms with van der Waals surface area (Å²) in [4.78, 5) is 2.19. The summed E-state index contributed by atoms with van der Waals surface area (Å²) in [6, 6.07) is 13.6. The van der Waals surface area contributed by atoms with Crippen LogP contribution in [0.4, 0.5) is 4.39 Å². The van der Waals surface area contributed by atoms with Gasteiger partial charge in [-0.05, 0) is 29.8 Å². The molecule has 1 unspecified atom stereocenters. The molecule has 2 aliphatic heterocycles. The van der Waals surface area contributed by atoms with Crippen molar-refractivity contribution in [2.75, 3.05) is 44.4 Å². The van der Waals surface area contributed by atoms with Crippen molar-refractivity contribution in [2.24, 2.45) is 0 Å². The Balaban J connectivity index is 1.57. The molecule has 174 valence electrons. The molecular formula is C22H27FN2O5S2. The molecule has 2 aromatic carbocycles. The quantitative estimate of drug-likeness (QED) is 0.597. The van der Waals surface area contributed by atoms with Gasteiger partial charge < -0.3 is 10.1 Å². The molecule has 7 nitrogen and oxygen atoms in total. The van der Waals surface area contributed by atoms with Gasteiger partial charge in [0.15, 0.2) is 19.7 Å². The predicted molar refractivity (Wildman–Crippen MR) is 119 cm³/mol. The van der Waals surface area contributed by atoms with E-state index in [0.29, 0.717) is 19.8 Å². The number of benzene rings is 2. The van der Waals surface area contributed by atoms with E-state index in [9.17, 15) is 21.2 Å². The van der Waals surface area contributed by atoms with Crippen molar-refractivity contribution in [3.05, 3.63) is 66.0 Å². The van der Waals surface area contributed by atoms with Crippen LogP contribution < -0.4 is 5.32 Å². The Hall–Kier alpha value is -1.85. The highest BCUT2D eigenvalue weighted by molar-refractivity contribution is 7.96. The molecule has 2 saturated heterocycles. The fourth-order valence-corrected chi connectivity index (χ4v) is 9.11. The van der Waals surface area contributed by atoms with E-state index < -0.39 is 42.5 Å². The number of nitrogens with zero attached hydrogens (tertiary/aromatic N) is 1. The maximum Gasteiger partial charge on any atom is 0.183 e.